The van der Waals surface area contributed by atoms with Gasteiger partial charge in [0.15, 0.2) is 0 Å². The molecule has 2 N–H and O–H groups in total. The van der Waals surface area contributed by atoms with Crippen LogP contribution in [-0.2, 0) is 14.4 Å². The Morgan fingerprint density at radius 1 is 1.21 bits per heavy atom. The summed E-state index contributed by atoms with van der Waals surface area (Å²) in [6.07, 6.45) is 2.45. The summed E-state index contributed by atoms with van der Waals surface area (Å²) >= 11 is 0. The molecule has 1 heterocycles. The number of amides is 2. The lowest BCUT2D eigenvalue weighted by Crippen LogP contribution is -2.47. The quantitative estimate of drug-likeness (QED) is 0.764. The summed E-state index contributed by atoms with van der Waals surface area (Å²) in [5, 5.41) is 11.7. The summed E-state index contributed by atoms with van der Waals surface area (Å²) in [5.41, 5.74) is 0. The van der Waals surface area contributed by atoms with E-state index in [1.807, 2.05) is 6.92 Å². The van der Waals surface area contributed by atoms with Crippen LogP contribution in [0.3, 0.4) is 0 Å². The molecule has 2 amide bonds. The van der Waals surface area contributed by atoms with E-state index in [9.17, 15) is 14.4 Å². The molecule has 2 fully saturated rings. The molecule has 0 radical (unpaired) electrons. The molecule has 2 atom stereocenters. The standard InChI is InChI=1S/C13H20N2O4/c1-2-11(16)14-8-3-5-15(6-4-8)12(17)9-7-10(9)13(18)19/h8-10H,2-7H2,1H3,(H,14,16)(H,18,19). The third-order valence-electron chi connectivity index (χ3n) is 3.92. The average Bonchev–Trinajstić information content (AvgIpc) is 3.19. The van der Waals surface area contributed by atoms with Gasteiger partial charge in [0.25, 0.3) is 0 Å². The highest BCUT2D eigenvalue weighted by molar-refractivity contribution is 5.89. The number of carboxylic acids is 1. The van der Waals surface area contributed by atoms with Crippen molar-refractivity contribution < 1.29 is 19.5 Å². The third-order valence-corrected chi connectivity index (χ3v) is 3.92. The maximum atomic E-state index is 12.0. The Morgan fingerprint density at radius 2 is 1.84 bits per heavy atom. The first kappa shape index (κ1) is 13.8. The van der Waals surface area contributed by atoms with Gasteiger partial charge < -0.3 is 15.3 Å². The zero-order valence-electron chi connectivity index (χ0n) is 11.1. The fraction of sp³-hybridized carbons (Fsp3) is 0.769. The summed E-state index contributed by atoms with van der Waals surface area (Å²) in [6, 6.07) is 0.144. The number of nitrogens with zero attached hydrogens (tertiary/aromatic N) is 1. The fourth-order valence-corrected chi connectivity index (χ4v) is 2.55. The van der Waals surface area contributed by atoms with Crippen LogP contribution in [0.1, 0.15) is 32.6 Å². The van der Waals surface area contributed by atoms with Crippen molar-refractivity contribution in [3.8, 4) is 0 Å². The van der Waals surface area contributed by atoms with Gasteiger partial charge in [0, 0.05) is 25.6 Å². The van der Waals surface area contributed by atoms with E-state index in [0.717, 1.165) is 12.8 Å². The van der Waals surface area contributed by atoms with Crippen molar-refractivity contribution in [3.05, 3.63) is 0 Å². The Bertz CT molecular complexity index is 388. The number of nitrogens with one attached hydrogen (secondary N) is 1. The Labute approximate surface area is 112 Å². The van der Waals surface area contributed by atoms with E-state index < -0.39 is 11.9 Å². The van der Waals surface area contributed by atoms with Gasteiger partial charge in [-0.25, -0.2) is 0 Å². The lowest BCUT2D eigenvalue weighted by Gasteiger charge is -2.32. The lowest BCUT2D eigenvalue weighted by atomic mass is 10.0. The first-order chi connectivity index (χ1) is 9.02. The van der Waals surface area contributed by atoms with Gasteiger partial charge in [-0.2, -0.15) is 0 Å². The van der Waals surface area contributed by atoms with Crippen LogP contribution < -0.4 is 5.32 Å². The van der Waals surface area contributed by atoms with E-state index in [0.29, 0.717) is 25.9 Å². The van der Waals surface area contributed by atoms with Gasteiger partial charge in [-0.05, 0) is 19.3 Å². The van der Waals surface area contributed by atoms with Crippen LogP contribution in [0, 0.1) is 11.8 Å². The number of carboxylic acid groups (broad SMARTS) is 1. The molecule has 106 valence electrons. The highest BCUT2D eigenvalue weighted by Crippen LogP contribution is 2.40. The molecule has 0 aromatic heterocycles. The molecular weight excluding hydrogens is 248 g/mol. The first-order valence-corrected chi connectivity index (χ1v) is 6.84. The molecule has 2 rings (SSSR count). The molecule has 2 unspecified atom stereocenters. The molecule has 0 aromatic rings. The van der Waals surface area contributed by atoms with Gasteiger partial charge in [-0.15, -0.1) is 0 Å². The predicted molar refractivity (Wildman–Crippen MR) is 67.3 cm³/mol. The van der Waals surface area contributed by atoms with Crippen molar-refractivity contribution in [1.82, 2.24) is 10.2 Å². The number of rotatable bonds is 4. The van der Waals surface area contributed by atoms with Gasteiger partial charge in [-0.1, -0.05) is 6.92 Å². The summed E-state index contributed by atoms with van der Waals surface area (Å²) in [7, 11) is 0. The van der Waals surface area contributed by atoms with Crippen molar-refractivity contribution in [2.75, 3.05) is 13.1 Å². The molecule has 1 saturated carbocycles. The normalized spacial score (nSPS) is 26.9. The number of hydrogen-bond acceptors (Lipinski definition) is 3. The van der Waals surface area contributed by atoms with E-state index in [1.165, 1.54) is 0 Å². The van der Waals surface area contributed by atoms with Gasteiger partial charge in [0.05, 0.1) is 11.8 Å². The number of carbonyl (C=O) groups is 3. The zero-order chi connectivity index (χ0) is 14.0. The van der Waals surface area contributed by atoms with E-state index in [2.05, 4.69) is 5.32 Å². The van der Waals surface area contributed by atoms with Crippen LogP contribution in [0.2, 0.25) is 0 Å². The van der Waals surface area contributed by atoms with Crippen molar-refractivity contribution in [1.29, 1.82) is 0 Å². The number of carbonyl (C=O) groups excluding carboxylic acids is 2. The number of piperidine rings is 1. The first-order valence-electron chi connectivity index (χ1n) is 6.84. The number of aliphatic carboxylic acids is 1. The molecule has 19 heavy (non-hydrogen) atoms. The van der Waals surface area contributed by atoms with Gasteiger partial charge in [-0.3, -0.25) is 14.4 Å². The minimum atomic E-state index is -0.872. The van der Waals surface area contributed by atoms with Gasteiger partial charge >= 0.3 is 5.97 Å². The largest absolute Gasteiger partial charge is 0.481 e. The smallest absolute Gasteiger partial charge is 0.307 e. The van der Waals surface area contributed by atoms with E-state index in [-0.39, 0.29) is 23.8 Å². The monoisotopic (exact) mass is 268 g/mol. The number of likely N-dealkylation sites (tertiary alicyclic amines) is 1. The molecule has 6 heteroatoms. The van der Waals surface area contributed by atoms with Crippen LogP contribution in [0.4, 0.5) is 0 Å². The molecule has 1 saturated heterocycles. The maximum Gasteiger partial charge on any atom is 0.307 e. The average molecular weight is 268 g/mol. The molecule has 6 nitrogen and oxygen atoms in total. The molecule has 2 aliphatic rings. The van der Waals surface area contributed by atoms with Crippen molar-refractivity contribution in [3.63, 3.8) is 0 Å². The third kappa shape index (κ3) is 3.24. The van der Waals surface area contributed by atoms with Gasteiger partial charge in [0.1, 0.15) is 0 Å². The predicted octanol–water partition coefficient (Wildman–Crippen LogP) is 0.224. The Balaban J connectivity index is 1.76. The highest BCUT2D eigenvalue weighted by atomic mass is 16.4. The molecule has 0 aromatic carbocycles. The minimum absolute atomic E-state index is 0.0346. The van der Waals surface area contributed by atoms with Crippen molar-refractivity contribution in [2.24, 2.45) is 11.8 Å². The zero-order valence-corrected chi connectivity index (χ0v) is 11.1. The molecule has 0 bridgehead atoms. The minimum Gasteiger partial charge on any atom is -0.481 e. The number of hydrogen-bond donors (Lipinski definition) is 2. The molecule has 1 aliphatic carbocycles. The topological polar surface area (TPSA) is 86.7 Å². The SMILES string of the molecule is CCC(=O)NC1CCN(C(=O)C2CC2C(=O)O)CC1. The van der Waals surface area contributed by atoms with Gasteiger partial charge in [0.2, 0.25) is 11.8 Å². The summed E-state index contributed by atoms with van der Waals surface area (Å²) in [4.78, 5) is 35.8. The Hall–Kier alpha value is -1.59. The van der Waals surface area contributed by atoms with E-state index in [1.54, 1.807) is 4.90 Å². The summed E-state index contributed by atoms with van der Waals surface area (Å²) < 4.78 is 0. The Morgan fingerprint density at radius 3 is 2.32 bits per heavy atom. The van der Waals surface area contributed by atoms with Crippen LogP contribution in [0.5, 0.6) is 0 Å². The van der Waals surface area contributed by atoms with E-state index >= 15 is 0 Å². The molecule has 1 aliphatic heterocycles. The van der Waals surface area contributed by atoms with Crippen molar-refractivity contribution in [2.45, 2.75) is 38.6 Å². The van der Waals surface area contributed by atoms with Crippen LogP contribution in [0.25, 0.3) is 0 Å². The second-order valence-electron chi connectivity index (χ2n) is 5.31. The lowest BCUT2D eigenvalue weighted by molar-refractivity contribution is -0.142. The molecule has 0 spiro atoms. The van der Waals surface area contributed by atoms with E-state index in [4.69, 9.17) is 5.11 Å². The second kappa shape index (κ2) is 5.59. The summed E-state index contributed by atoms with van der Waals surface area (Å²) in [5.74, 6) is -1.67. The summed E-state index contributed by atoms with van der Waals surface area (Å²) in [6.45, 7) is 3.03. The fourth-order valence-electron chi connectivity index (χ4n) is 2.55. The maximum absolute atomic E-state index is 12.0. The Kier molecular flexibility index (Phi) is 4.07. The van der Waals surface area contributed by atoms with Crippen molar-refractivity contribution >= 4 is 17.8 Å². The van der Waals surface area contributed by atoms with Crippen LogP contribution in [0.15, 0.2) is 0 Å². The molecular formula is C13H20N2O4. The second-order valence-corrected chi connectivity index (χ2v) is 5.31. The van der Waals surface area contributed by atoms with Crippen LogP contribution in [-0.4, -0.2) is 46.9 Å². The van der Waals surface area contributed by atoms with Crippen LogP contribution >= 0.6 is 0 Å². The highest BCUT2D eigenvalue weighted by Gasteiger charge is 2.50.